The van der Waals surface area contributed by atoms with E-state index in [9.17, 15) is 15.0 Å². The van der Waals surface area contributed by atoms with Crippen molar-refractivity contribution in [3.8, 4) is 11.5 Å². The third-order valence-electron chi connectivity index (χ3n) is 4.99. The van der Waals surface area contributed by atoms with Gasteiger partial charge in [-0.15, -0.1) is 0 Å². The Morgan fingerprint density at radius 2 is 1.78 bits per heavy atom. The highest BCUT2D eigenvalue weighted by Crippen LogP contribution is 2.45. The van der Waals surface area contributed by atoms with E-state index in [1.807, 2.05) is 6.92 Å². The average molecular weight is 321 g/mol. The number of aromatic hydroxyl groups is 2. The number of carbonyl (C=O) groups is 1. The van der Waals surface area contributed by atoms with Crippen LogP contribution in [0.5, 0.6) is 11.5 Å². The molecule has 1 aromatic carbocycles. The molecule has 1 heterocycles. The third-order valence-corrected chi connectivity index (χ3v) is 4.99. The number of benzene rings is 1. The van der Waals surface area contributed by atoms with E-state index in [0.29, 0.717) is 38.0 Å². The number of amides is 1. The highest BCUT2D eigenvalue weighted by atomic mass is 16.7. The summed E-state index contributed by atoms with van der Waals surface area (Å²) in [5.41, 5.74) is 0.590. The van der Waals surface area contributed by atoms with Gasteiger partial charge in [-0.2, -0.15) is 0 Å². The van der Waals surface area contributed by atoms with Gasteiger partial charge in [0.25, 0.3) is 0 Å². The molecule has 3 rings (SSSR count). The molecule has 1 amide bonds. The van der Waals surface area contributed by atoms with Crippen molar-refractivity contribution in [2.24, 2.45) is 0 Å². The van der Waals surface area contributed by atoms with Crippen molar-refractivity contribution in [1.82, 2.24) is 5.32 Å². The van der Waals surface area contributed by atoms with E-state index < -0.39 is 11.3 Å². The van der Waals surface area contributed by atoms with E-state index in [-0.39, 0.29) is 17.4 Å². The molecule has 3 N–H and O–H groups in total. The molecule has 1 aliphatic heterocycles. The lowest BCUT2D eigenvalue weighted by Gasteiger charge is -2.51. The van der Waals surface area contributed by atoms with Crippen molar-refractivity contribution in [1.29, 1.82) is 0 Å². The van der Waals surface area contributed by atoms with Gasteiger partial charge in [0.15, 0.2) is 5.79 Å². The number of nitrogens with one attached hydrogen (secondary N) is 1. The molecule has 0 bridgehead atoms. The third kappa shape index (κ3) is 2.66. The standard InChI is InChI=1S/C17H23NO5/c1-11(19)18-17(16(2)22-8-3-9-23-16)7-6-12-13(10-17)15(21)5-4-14(12)20/h4-5,20-21H,3,6-10H2,1-2H3,(H,18,19). The van der Waals surface area contributed by atoms with E-state index in [2.05, 4.69) is 5.32 Å². The van der Waals surface area contributed by atoms with Crippen molar-refractivity contribution in [2.75, 3.05) is 13.2 Å². The minimum atomic E-state index is -0.966. The molecule has 0 radical (unpaired) electrons. The maximum atomic E-state index is 11.8. The van der Waals surface area contributed by atoms with E-state index >= 15 is 0 Å². The number of phenolic OH excluding ortho intramolecular Hbond substituents is 2. The topological polar surface area (TPSA) is 88.0 Å². The van der Waals surface area contributed by atoms with E-state index in [1.54, 1.807) is 0 Å². The second kappa shape index (κ2) is 5.69. The number of carbonyl (C=O) groups excluding carboxylic acids is 1. The van der Waals surface area contributed by atoms with Crippen LogP contribution in [0.15, 0.2) is 12.1 Å². The first-order valence-corrected chi connectivity index (χ1v) is 7.96. The molecule has 1 atom stereocenters. The summed E-state index contributed by atoms with van der Waals surface area (Å²) in [6.07, 6.45) is 2.25. The van der Waals surface area contributed by atoms with Crippen LogP contribution in [0.4, 0.5) is 0 Å². The summed E-state index contributed by atoms with van der Waals surface area (Å²) in [4.78, 5) is 11.8. The first-order valence-electron chi connectivity index (χ1n) is 7.96. The van der Waals surface area contributed by atoms with Gasteiger partial charge in [-0.05, 0) is 38.3 Å². The molecule has 0 saturated carbocycles. The SMILES string of the molecule is CC(=O)NC1(C2(C)OCCCO2)CCc2c(O)ccc(O)c2C1. The first-order chi connectivity index (χ1) is 10.9. The summed E-state index contributed by atoms with van der Waals surface area (Å²) >= 11 is 0. The lowest BCUT2D eigenvalue weighted by atomic mass is 9.72. The molecule has 1 fully saturated rings. The van der Waals surface area contributed by atoms with Crippen molar-refractivity contribution in [3.05, 3.63) is 23.3 Å². The Kier molecular flexibility index (Phi) is 3.98. The maximum Gasteiger partial charge on any atom is 0.217 e. The Labute approximate surface area is 135 Å². The normalized spacial score (nSPS) is 26.3. The zero-order valence-corrected chi connectivity index (χ0v) is 13.5. The highest BCUT2D eigenvalue weighted by Gasteiger charge is 2.54. The van der Waals surface area contributed by atoms with Gasteiger partial charge in [-0.25, -0.2) is 0 Å². The second-order valence-electron chi connectivity index (χ2n) is 6.50. The zero-order chi connectivity index (χ0) is 16.7. The lowest BCUT2D eigenvalue weighted by Crippen LogP contribution is -2.68. The van der Waals surface area contributed by atoms with Crippen molar-refractivity contribution in [3.63, 3.8) is 0 Å². The fourth-order valence-electron chi connectivity index (χ4n) is 3.73. The van der Waals surface area contributed by atoms with Crippen molar-refractivity contribution in [2.45, 2.75) is 50.9 Å². The minimum Gasteiger partial charge on any atom is -0.508 e. The number of hydrogen-bond donors (Lipinski definition) is 3. The van der Waals surface area contributed by atoms with Crippen molar-refractivity contribution >= 4 is 5.91 Å². The van der Waals surface area contributed by atoms with Gasteiger partial charge in [0.1, 0.15) is 11.5 Å². The number of ether oxygens (including phenoxy) is 2. The minimum absolute atomic E-state index is 0.117. The molecule has 1 saturated heterocycles. The van der Waals surface area contributed by atoms with Gasteiger partial charge in [-0.1, -0.05) is 0 Å². The number of fused-ring (bicyclic) bond motifs is 1. The van der Waals surface area contributed by atoms with Crippen LogP contribution < -0.4 is 5.32 Å². The quantitative estimate of drug-likeness (QED) is 0.720. The van der Waals surface area contributed by atoms with Crippen LogP contribution in [-0.2, 0) is 27.1 Å². The van der Waals surface area contributed by atoms with Crippen LogP contribution in [0.1, 0.15) is 37.8 Å². The first kappa shape index (κ1) is 16.1. The molecule has 6 nitrogen and oxygen atoms in total. The van der Waals surface area contributed by atoms with E-state index in [1.165, 1.54) is 19.1 Å². The van der Waals surface area contributed by atoms with Crippen LogP contribution in [0.25, 0.3) is 0 Å². The average Bonchev–Trinajstić information content (AvgIpc) is 2.51. The Hall–Kier alpha value is -1.79. The summed E-state index contributed by atoms with van der Waals surface area (Å²) < 4.78 is 11.8. The van der Waals surface area contributed by atoms with Gasteiger partial charge >= 0.3 is 0 Å². The van der Waals surface area contributed by atoms with Crippen molar-refractivity contribution < 1.29 is 24.5 Å². The highest BCUT2D eigenvalue weighted by molar-refractivity contribution is 5.74. The molecule has 2 aliphatic rings. The van der Waals surface area contributed by atoms with Gasteiger partial charge in [0, 0.05) is 24.5 Å². The molecule has 23 heavy (non-hydrogen) atoms. The second-order valence-corrected chi connectivity index (χ2v) is 6.50. The van der Waals surface area contributed by atoms with Gasteiger partial charge in [-0.3, -0.25) is 4.79 Å². The fraction of sp³-hybridized carbons (Fsp3) is 0.588. The summed E-state index contributed by atoms with van der Waals surface area (Å²) in [6, 6.07) is 2.97. The van der Waals surface area contributed by atoms with Crippen LogP contribution in [0.2, 0.25) is 0 Å². The predicted molar refractivity (Wildman–Crippen MR) is 83.3 cm³/mol. The smallest absolute Gasteiger partial charge is 0.217 e. The van der Waals surface area contributed by atoms with Crippen LogP contribution >= 0.6 is 0 Å². The summed E-state index contributed by atoms with van der Waals surface area (Å²) in [7, 11) is 0. The Balaban J connectivity index is 2.04. The van der Waals surface area contributed by atoms with Gasteiger partial charge < -0.3 is 25.0 Å². The van der Waals surface area contributed by atoms with Crippen LogP contribution in [0.3, 0.4) is 0 Å². The summed E-state index contributed by atoms with van der Waals surface area (Å²) in [5.74, 6) is -0.851. The monoisotopic (exact) mass is 321 g/mol. The molecular weight excluding hydrogens is 298 g/mol. The fourth-order valence-corrected chi connectivity index (χ4v) is 3.73. The molecule has 0 spiro atoms. The molecular formula is C17H23NO5. The molecule has 1 aliphatic carbocycles. The Morgan fingerprint density at radius 1 is 1.17 bits per heavy atom. The Morgan fingerprint density at radius 3 is 2.39 bits per heavy atom. The molecule has 6 heteroatoms. The predicted octanol–water partition coefficient (Wildman–Crippen LogP) is 1.61. The van der Waals surface area contributed by atoms with Gasteiger partial charge in [0.2, 0.25) is 5.91 Å². The summed E-state index contributed by atoms with van der Waals surface area (Å²) in [6.45, 7) is 4.44. The van der Waals surface area contributed by atoms with Crippen LogP contribution in [0, 0.1) is 0 Å². The molecule has 1 aromatic rings. The molecule has 0 aromatic heterocycles. The number of hydrogen-bond acceptors (Lipinski definition) is 5. The van der Waals surface area contributed by atoms with Gasteiger partial charge in [0.05, 0.1) is 18.8 Å². The molecule has 126 valence electrons. The lowest BCUT2D eigenvalue weighted by molar-refractivity contribution is -0.296. The number of rotatable bonds is 2. The maximum absolute atomic E-state index is 11.8. The Bertz CT molecular complexity index is 624. The summed E-state index contributed by atoms with van der Waals surface area (Å²) in [5, 5.41) is 23.3. The van der Waals surface area contributed by atoms with E-state index in [0.717, 1.165) is 12.0 Å². The number of phenols is 2. The van der Waals surface area contributed by atoms with Crippen LogP contribution in [-0.4, -0.2) is 40.7 Å². The molecule has 1 unspecified atom stereocenters. The van der Waals surface area contributed by atoms with E-state index in [4.69, 9.17) is 9.47 Å². The zero-order valence-electron chi connectivity index (χ0n) is 13.5. The largest absolute Gasteiger partial charge is 0.508 e.